The van der Waals surface area contributed by atoms with Crippen molar-refractivity contribution in [3.8, 4) is 0 Å². The molecule has 20 heavy (non-hydrogen) atoms. The number of nitrogens with zero attached hydrogens (tertiary/aromatic N) is 2. The molecule has 0 saturated heterocycles. The highest BCUT2D eigenvalue weighted by Gasteiger charge is 2.15. The first-order valence-corrected chi connectivity index (χ1v) is 6.18. The van der Waals surface area contributed by atoms with E-state index >= 15 is 0 Å². The van der Waals surface area contributed by atoms with Gasteiger partial charge in [0.1, 0.15) is 5.82 Å². The van der Waals surface area contributed by atoms with Gasteiger partial charge in [-0.15, -0.1) is 0 Å². The summed E-state index contributed by atoms with van der Waals surface area (Å²) in [6.07, 6.45) is 3.18. The van der Waals surface area contributed by atoms with Gasteiger partial charge in [0.25, 0.3) is 5.91 Å². The van der Waals surface area contributed by atoms with Crippen molar-refractivity contribution >= 4 is 17.3 Å². The summed E-state index contributed by atoms with van der Waals surface area (Å²) >= 11 is 0. The number of carbonyl (C=O) groups excluding carboxylic acids is 1. The lowest BCUT2D eigenvalue weighted by molar-refractivity contribution is 0.102. The predicted molar refractivity (Wildman–Crippen MR) is 77.7 cm³/mol. The van der Waals surface area contributed by atoms with Gasteiger partial charge in [0.15, 0.2) is 0 Å². The summed E-state index contributed by atoms with van der Waals surface area (Å²) < 4.78 is 13.9. The number of benzene rings is 1. The molecular weight excluding hydrogens is 257 g/mol. The molecule has 0 aliphatic carbocycles. The lowest BCUT2D eigenvalue weighted by atomic mass is 10.1. The Bertz CT molecular complexity index is 641. The second-order valence-electron chi connectivity index (χ2n) is 4.68. The van der Waals surface area contributed by atoms with Gasteiger partial charge in [-0.1, -0.05) is 12.1 Å². The molecule has 0 bridgehead atoms. The van der Waals surface area contributed by atoms with E-state index in [0.717, 1.165) is 5.69 Å². The third-order valence-corrected chi connectivity index (χ3v) is 2.96. The summed E-state index contributed by atoms with van der Waals surface area (Å²) in [5, 5.41) is 2.69. The predicted octanol–water partition coefficient (Wildman–Crippen LogP) is 2.85. The molecule has 0 unspecified atom stereocenters. The van der Waals surface area contributed by atoms with Crippen molar-refractivity contribution in [1.82, 2.24) is 4.98 Å². The fraction of sp³-hybridized carbons (Fsp3) is 0.200. The molecule has 0 saturated carbocycles. The maximum absolute atomic E-state index is 13.9. The van der Waals surface area contributed by atoms with E-state index in [1.807, 2.05) is 19.0 Å². The second-order valence-corrected chi connectivity index (χ2v) is 4.68. The van der Waals surface area contributed by atoms with E-state index in [-0.39, 0.29) is 5.56 Å². The second kappa shape index (κ2) is 5.69. The van der Waals surface area contributed by atoms with Gasteiger partial charge in [0.2, 0.25) is 0 Å². The first kappa shape index (κ1) is 14.0. The molecule has 1 heterocycles. The van der Waals surface area contributed by atoms with E-state index in [2.05, 4.69) is 10.3 Å². The van der Waals surface area contributed by atoms with Crippen molar-refractivity contribution in [3.63, 3.8) is 0 Å². The number of rotatable bonds is 3. The van der Waals surface area contributed by atoms with Gasteiger partial charge >= 0.3 is 0 Å². The van der Waals surface area contributed by atoms with Crippen molar-refractivity contribution < 1.29 is 9.18 Å². The normalized spacial score (nSPS) is 10.2. The van der Waals surface area contributed by atoms with Gasteiger partial charge in [-0.25, -0.2) is 4.39 Å². The average Bonchev–Trinajstić information content (AvgIpc) is 2.42. The van der Waals surface area contributed by atoms with Gasteiger partial charge in [0.05, 0.1) is 23.1 Å². The smallest absolute Gasteiger partial charge is 0.258 e. The third-order valence-electron chi connectivity index (χ3n) is 2.96. The molecule has 0 aliphatic heterocycles. The summed E-state index contributed by atoms with van der Waals surface area (Å²) in [6.45, 7) is 1.63. The van der Waals surface area contributed by atoms with Crippen molar-refractivity contribution in [2.24, 2.45) is 0 Å². The van der Waals surface area contributed by atoms with E-state index in [1.165, 1.54) is 6.07 Å². The van der Waals surface area contributed by atoms with E-state index < -0.39 is 11.7 Å². The fourth-order valence-electron chi connectivity index (χ4n) is 1.89. The van der Waals surface area contributed by atoms with Crippen molar-refractivity contribution in [1.29, 1.82) is 0 Å². The van der Waals surface area contributed by atoms with Gasteiger partial charge in [0, 0.05) is 20.3 Å². The molecule has 1 aromatic heterocycles. The zero-order valence-corrected chi connectivity index (χ0v) is 11.6. The average molecular weight is 273 g/mol. The first-order valence-electron chi connectivity index (χ1n) is 6.18. The molecule has 4 nitrogen and oxygen atoms in total. The number of hydrogen-bond donors (Lipinski definition) is 1. The van der Waals surface area contributed by atoms with Crippen LogP contribution in [0.2, 0.25) is 0 Å². The van der Waals surface area contributed by atoms with Crippen LogP contribution in [0.25, 0.3) is 0 Å². The Morgan fingerprint density at radius 2 is 2.05 bits per heavy atom. The van der Waals surface area contributed by atoms with Crippen LogP contribution in [-0.2, 0) is 0 Å². The molecule has 1 aromatic carbocycles. The van der Waals surface area contributed by atoms with Crippen LogP contribution in [0.3, 0.4) is 0 Å². The van der Waals surface area contributed by atoms with Crippen LogP contribution in [0.1, 0.15) is 15.9 Å². The van der Waals surface area contributed by atoms with Gasteiger partial charge < -0.3 is 10.2 Å². The zero-order chi connectivity index (χ0) is 14.7. The summed E-state index contributed by atoms with van der Waals surface area (Å²) in [4.78, 5) is 18.0. The number of nitrogens with one attached hydrogen (secondary N) is 1. The number of pyridine rings is 1. The Kier molecular flexibility index (Phi) is 3.98. The fourth-order valence-corrected chi connectivity index (χ4v) is 1.89. The SMILES string of the molecule is Cc1cccc(C(=O)Nc2cnccc2N(C)C)c1F. The highest BCUT2D eigenvalue weighted by Crippen LogP contribution is 2.23. The van der Waals surface area contributed by atoms with E-state index in [1.54, 1.807) is 37.5 Å². The Morgan fingerprint density at radius 1 is 1.30 bits per heavy atom. The topological polar surface area (TPSA) is 45.2 Å². The molecule has 1 N–H and O–H groups in total. The number of aryl methyl sites for hydroxylation is 1. The molecule has 104 valence electrons. The molecule has 0 atom stereocenters. The minimum absolute atomic E-state index is 0.0264. The van der Waals surface area contributed by atoms with Gasteiger partial charge in [-0.3, -0.25) is 9.78 Å². The molecule has 0 aliphatic rings. The van der Waals surface area contributed by atoms with Crippen LogP contribution >= 0.6 is 0 Å². The van der Waals surface area contributed by atoms with Crippen LogP contribution in [0.5, 0.6) is 0 Å². The minimum Gasteiger partial charge on any atom is -0.376 e. The van der Waals surface area contributed by atoms with E-state index in [0.29, 0.717) is 11.3 Å². The standard InChI is InChI=1S/C15H16FN3O/c1-10-5-4-6-11(14(10)16)15(20)18-12-9-17-8-7-13(12)19(2)3/h4-9H,1-3H3,(H,18,20). The minimum atomic E-state index is -0.500. The highest BCUT2D eigenvalue weighted by molar-refractivity contribution is 6.06. The molecule has 0 fully saturated rings. The zero-order valence-electron chi connectivity index (χ0n) is 11.6. The quantitative estimate of drug-likeness (QED) is 0.935. The van der Waals surface area contributed by atoms with E-state index in [4.69, 9.17) is 0 Å². The van der Waals surface area contributed by atoms with E-state index in [9.17, 15) is 9.18 Å². The maximum atomic E-state index is 13.9. The lowest BCUT2D eigenvalue weighted by Crippen LogP contribution is -2.18. The molecule has 0 spiro atoms. The third kappa shape index (κ3) is 2.77. The summed E-state index contributed by atoms with van der Waals surface area (Å²) in [5.41, 5.74) is 1.82. The molecule has 0 radical (unpaired) electrons. The molecular formula is C15H16FN3O. The van der Waals surface area contributed by atoms with Crippen molar-refractivity contribution in [2.45, 2.75) is 6.92 Å². The Balaban J connectivity index is 2.31. The number of anilines is 2. The monoisotopic (exact) mass is 273 g/mol. The maximum Gasteiger partial charge on any atom is 0.258 e. The van der Waals surface area contributed by atoms with Gasteiger partial charge in [-0.05, 0) is 24.6 Å². The van der Waals surface area contributed by atoms with Crippen LogP contribution in [0.15, 0.2) is 36.7 Å². The molecule has 1 amide bonds. The number of amides is 1. The molecule has 2 aromatic rings. The van der Waals surface area contributed by atoms with Crippen LogP contribution in [-0.4, -0.2) is 25.0 Å². The largest absolute Gasteiger partial charge is 0.376 e. The Labute approximate surface area is 117 Å². The number of carbonyl (C=O) groups is 1. The number of halogens is 1. The summed E-state index contributed by atoms with van der Waals surface area (Å²) in [7, 11) is 3.72. The Hall–Kier alpha value is -2.43. The molecule has 2 rings (SSSR count). The summed E-state index contributed by atoms with van der Waals surface area (Å²) in [6, 6.07) is 6.52. The molecule has 5 heteroatoms. The van der Waals surface area contributed by atoms with Crippen LogP contribution in [0.4, 0.5) is 15.8 Å². The van der Waals surface area contributed by atoms with Crippen molar-refractivity contribution in [3.05, 3.63) is 53.6 Å². The summed E-state index contributed by atoms with van der Waals surface area (Å²) in [5.74, 6) is -0.984. The van der Waals surface area contributed by atoms with Crippen molar-refractivity contribution in [2.75, 3.05) is 24.3 Å². The van der Waals surface area contributed by atoms with Crippen LogP contribution in [0, 0.1) is 12.7 Å². The lowest BCUT2D eigenvalue weighted by Gasteiger charge is -2.17. The first-order chi connectivity index (χ1) is 9.50. The highest BCUT2D eigenvalue weighted by atomic mass is 19.1. The van der Waals surface area contributed by atoms with Gasteiger partial charge in [-0.2, -0.15) is 0 Å². The van der Waals surface area contributed by atoms with Crippen LogP contribution < -0.4 is 10.2 Å². The number of hydrogen-bond acceptors (Lipinski definition) is 3. The Morgan fingerprint density at radius 3 is 2.75 bits per heavy atom. The number of aromatic nitrogens is 1.